The second kappa shape index (κ2) is 45.0. The van der Waals surface area contributed by atoms with Crippen LogP contribution in [0.5, 0.6) is 0 Å². The number of carboxylic acid groups (broad SMARTS) is 1. The van der Waals surface area contributed by atoms with E-state index >= 15 is 0 Å². The molecule has 2 aliphatic heterocycles. The standard InChI is InChI=1S/C52H80N16O13S3.2O.Tc/c1-31(69)39-27-82-30-44(73)62-36(12-5-6-17-59-42(71)14-7-11-34(70)21-33(24-57-19-15-53)25-58-20-16-54)47(77)67-40-28-83-84-29-41(51(81)65-37(48(78)66-39)22-32-9-3-2-4-10-32)68-49(79)38(23-45(74)75)63-43(72)26-61-46(76)35(64-50(40)80)13-8-18-60-52(55)56;;;/h2-4,9-10,33,35-41,53-54H,5-8,11-30H2,1H3,(H,59,71)(H,61,76)(H,62,73)(H,63,72)(H,64,80)(H,65,81)(H,66,78)(H,67,77)(H,68,79)(H,74,75)(H4,55,56,60);;;/q-4;;;/t35-,36-,37-,38-,39-,40-,41-;;;/m0.../s1. The van der Waals surface area contributed by atoms with E-state index in [0.717, 1.165) is 33.3 Å². The second-order valence-corrected chi connectivity index (χ2v) is 23.7. The van der Waals surface area contributed by atoms with Gasteiger partial charge in [-0.05, 0) is 51.0 Å². The molecule has 0 aliphatic carbocycles. The van der Waals surface area contributed by atoms with Gasteiger partial charge in [-0.1, -0.05) is 57.8 Å². The molecule has 3 rings (SSSR count). The first kappa shape index (κ1) is 76.8. The number of ketones is 2. The number of aliphatic imine (C=N–C) groups is 1. The van der Waals surface area contributed by atoms with E-state index in [0.29, 0.717) is 44.6 Å². The van der Waals surface area contributed by atoms with Gasteiger partial charge in [-0.3, -0.25) is 62.5 Å². The van der Waals surface area contributed by atoms with E-state index < -0.39 is 132 Å². The molecule has 1 aromatic rings. The van der Waals surface area contributed by atoms with Crippen LogP contribution in [0.1, 0.15) is 76.7 Å². The van der Waals surface area contributed by atoms with Crippen molar-refractivity contribution in [2.45, 2.75) is 120 Å². The van der Waals surface area contributed by atoms with E-state index in [2.05, 4.69) is 63.5 Å². The summed E-state index contributed by atoms with van der Waals surface area (Å²) < 4.78 is 17.0. The third-order valence-corrected chi connectivity index (χ3v) is 16.1. The van der Waals surface area contributed by atoms with Crippen molar-refractivity contribution in [2.75, 3.05) is 81.9 Å². The number of benzene rings is 1. The predicted octanol–water partition coefficient (Wildman–Crippen LogP) is -1.36. The number of hydrogen-bond acceptors (Lipinski definition) is 18. The SMILES string of the molecule is CC(=O)[C@@H]1CSCC(=O)N[C@@H](CCCCNC(=O)CCCC(=O)CC(C[N-]CC[NH-])C[N-]CC[NH-])C(=O)N[C@H]2CSSC[C@H](NC(=O)[C@H](CC(=O)O)NC(=O)CNC(=O)[C@H](CCCN=C(N)N)NC2=O)C(=O)N[C@@H](Cc2ccccc2)C(=O)N1.[O]=[Tc]=[O]. The minimum absolute atomic E-state index is 0.0155. The molecule has 16 N–H and O–H groups in total. The molecule has 0 spiro atoms. The quantitative estimate of drug-likeness (QED) is 0.0200. The van der Waals surface area contributed by atoms with E-state index in [9.17, 15) is 62.6 Å². The summed E-state index contributed by atoms with van der Waals surface area (Å²) >= 11 is -0.956. The van der Waals surface area contributed by atoms with Gasteiger partial charge in [-0.25, -0.2) is 0 Å². The van der Waals surface area contributed by atoms with E-state index in [4.69, 9.17) is 29.9 Å². The van der Waals surface area contributed by atoms with Gasteiger partial charge in [-0.2, -0.15) is 26.2 Å². The van der Waals surface area contributed by atoms with Crippen molar-refractivity contribution in [1.29, 1.82) is 0 Å². The van der Waals surface area contributed by atoms with Gasteiger partial charge in [0, 0.05) is 56.0 Å². The van der Waals surface area contributed by atoms with E-state index in [1.165, 1.54) is 6.92 Å². The Bertz CT molecular complexity index is 2490. The predicted molar refractivity (Wildman–Crippen MR) is 322 cm³/mol. The third kappa shape index (κ3) is 34.1. The van der Waals surface area contributed by atoms with Crippen LogP contribution < -0.4 is 59.3 Å². The van der Waals surface area contributed by atoms with Gasteiger partial charge < -0.3 is 86.5 Å². The van der Waals surface area contributed by atoms with Crippen LogP contribution in [-0.2, 0) is 88.6 Å². The Morgan fingerprint density at radius 2 is 1.26 bits per heavy atom. The summed E-state index contributed by atoms with van der Waals surface area (Å²) in [5.74, 6) is -10.9. The number of fused-ring (bicyclic) bond motifs is 5. The summed E-state index contributed by atoms with van der Waals surface area (Å²) in [7, 11) is 1.87. The summed E-state index contributed by atoms with van der Waals surface area (Å²) in [6.07, 6.45) is 0.243. The molecule has 2 heterocycles. The number of Topliss-reactive ketones (excluding diaryl/α,β-unsaturated/α-hetero) is 2. The number of nitrogens with zero attached hydrogens (tertiary/aromatic N) is 3. The molecule has 2 aliphatic rings. The third-order valence-electron chi connectivity index (χ3n) is 12.7. The maximum absolute atomic E-state index is 14.4. The number of unbranched alkanes of at least 4 members (excludes halogenated alkanes) is 1. The van der Waals surface area contributed by atoms with Gasteiger partial charge in [-0.15, -0.1) is 24.9 Å². The first-order chi connectivity index (χ1) is 41.6. The molecule has 31 nitrogen and oxygen atoms in total. The Morgan fingerprint density at radius 1 is 0.701 bits per heavy atom. The van der Waals surface area contributed by atoms with Gasteiger partial charge in [0.25, 0.3) is 0 Å². The molecule has 487 valence electrons. The molecule has 2 saturated heterocycles. The number of rotatable bonds is 28. The number of amides is 9. The van der Waals surface area contributed by atoms with Crippen molar-refractivity contribution in [3.8, 4) is 0 Å². The molecular formula is C52H80N16O15S3Tc-4. The van der Waals surface area contributed by atoms with Crippen molar-refractivity contribution in [3.63, 3.8) is 0 Å². The normalized spacial score (nSPS) is 21.4. The van der Waals surface area contributed by atoms with Crippen molar-refractivity contribution in [3.05, 3.63) is 58.0 Å². The number of carbonyl (C=O) groups is 12. The van der Waals surface area contributed by atoms with Crippen LogP contribution in [0, 0.1) is 5.92 Å². The summed E-state index contributed by atoms with van der Waals surface area (Å²) in [6.45, 7) is 2.32. The van der Waals surface area contributed by atoms with Crippen LogP contribution in [-0.4, -0.2) is 206 Å². The molecule has 7 atom stereocenters. The van der Waals surface area contributed by atoms with Gasteiger partial charge in [0.1, 0.15) is 42.0 Å². The zero-order valence-corrected chi connectivity index (χ0v) is 52.5. The van der Waals surface area contributed by atoms with Gasteiger partial charge in [0.2, 0.25) is 53.2 Å². The fourth-order valence-corrected chi connectivity index (χ4v) is 11.6. The summed E-state index contributed by atoms with van der Waals surface area (Å²) in [5.41, 5.74) is 26.2. The van der Waals surface area contributed by atoms with Crippen LogP contribution in [0.25, 0.3) is 22.1 Å². The van der Waals surface area contributed by atoms with Gasteiger partial charge in [0.15, 0.2) is 11.7 Å². The molecule has 0 saturated carbocycles. The van der Waals surface area contributed by atoms with Gasteiger partial charge >= 0.3 is 30.6 Å². The molecule has 0 radical (unpaired) electrons. The second-order valence-electron chi connectivity index (χ2n) is 19.8. The molecule has 2 bridgehead atoms. The molecule has 2 fully saturated rings. The number of guanidine groups is 1. The van der Waals surface area contributed by atoms with Crippen molar-refractivity contribution >= 4 is 110 Å². The molecule has 87 heavy (non-hydrogen) atoms. The topological polar surface area (TPSA) is 508 Å². The Hall–Kier alpha value is -6.33. The van der Waals surface area contributed by atoms with Crippen molar-refractivity contribution < 1.29 is 87.3 Å². The number of nitrogens with two attached hydrogens (primary N) is 2. The summed E-state index contributed by atoms with van der Waals surface area (Å²) in [5, 5.41) is 41.5. The van der Waals surface area contributed by atoms with Crippen molar-refractivity contribution in [2.24, 2.45) is 22.4 Å². The van der Waals surface area contributed by atoms with Crippen LogP contribution in [0.15, 0.2) is 35.3 Å². The zero-order valence-electron chi connectivity index (χ0n) is 48.2. The Kier molecular flexibility index (Phi) is 39.7. The van der Waals surface area contributed by atoms with E-state index in [-0.39, 0.29) is 124 Å². The Morgan fingerprint density at radius 3 is 1.85 bits per heavy atom. The molecular weight excluding hydrogens is 1280 g/mol. The maximum atomic E-state index is 14.4. The average Bonchev–Trinajstić information content (AvgIpc) is 3.72. The molecule has 35 heteroatoms. The number of carboxylic acids is 1. The number of carbonyl (C=O) groups excluding carboxylic acids is 11. The van der Waals surface area contributed by atoms with Crippen molar-refractivity contribution in [1.82, 2.24) is 47.9 Å². The molecule has 0 aromatic heterocycles. The molecule has 0 unspecified atom stereocenters. The fraction of sp³-hybridized carbons (Fsp3) is 0.635. The van der Waals surface area contributed by atoms with Crippen LogP contribution in [0.2, 0.25) is 0 Å². The van der Waals surface area contributed by atoms with E-state index in [1.807, 2.05) is 0 Å². The Labute approximate surface area is 524 Å². The van der Waals surface area contributed by atoms with E-state index in [1.54, 1.807) is 30.3 Å². The fourth-order valence-electron chi connectivity index (χ4n) is 8.30. The monoisotopic (exact) mass is 1360 g/mol. The number of aliphatic carboxylic acids is 1. The first-order valence-electron chi connectivity index (χ1n) is 27.9. The summed E-state index contributed by atoms with van der Waals surface area (Å²) in [6, 6.07) is -1.52. The van der Waals surface area contributed by atoms with Gasteiger partial charge in [0.05, 0.1) is 24.8 Å². The number of thioether (sulfide) groups is 1. The molecule has 1 aromatic carbocycles. The summed E-state index contributed by atoms with van der Waals surface area (Å²) in [4.78, 5) is 166. The number of nitrogens with one attached hydrogen (secondary N) is 11. The Balaban J connectivity index is 0.00000842. The zero-order chi connectivity index (χ0) is 64.5. The first-order valence-corrected chi connectivity index (χ1v) is 33.0. The van der Waals surface area contributed by atoms with Crippen LogP contribution >= 0.6 is 33.3 Å². The van der Waals surface area contributed by atoms with Crippen LogP contribution in [0.4, 0.5) is 0 Å². The molecule has 9 amide bonds. The minimum atomic E-state index is -1.91. The average molecular weight is 1360 g/mol. The van der Waals surface area contributed by atoms with Crippen LogP contribution in [0.3, 0.4) is 0 Å². The number of hydrogen-bond donors (Lipinski definition) is 12.